The number of carbonyl (C=O) groups excluding carboxylic acids is 4. The number of amides is 4. The highest BCUT2D eigenvalue weighted by Gasteiger charge is 2.46. The normalized spacial score (nSPS) is 22.9. The van der Waals surface area contributed by atoms with Gasteiger partial charge in [0.15, 0.2) is 0 Å². The highest BCUT2D eigenvalue weighted by molar-refractivity contribution is 6.46. The van der Waals surface area contributed by atoms with Crippen LogP contribution in [0.1, 0.15) is 171 Å². The molecule has 3 unspecified atom stereocenters. The second kappa shape index (κ2) is 28.5. The van der Waals surface area contributed by atoms with E-state index in [0.717, 1.165) is 96.7 Å². The molecule has 4 amide bonds. The highest BCUT2D eigenvalue weighted by atomic mass is 16.6. The standard InChI is InChI=1S/C18H33N3O2.C17H34BNO3.C9H11N.C2H4O2.C2H6/c1-13-9-8-12-21(13)16(22)15(14-10-6-5-7-11-14)19-17(23)20-18(2,3)4;1-7-9-15(19-13-20)18(21-6)22-17(8-2)11-10-14(3)16(4,5)12-17;1-10-6-8-4-2-3-5-9(8)7-10;1-4-2-3;1-2/h13-15H,5-12H2,1-4H3,(H2,19,20,23);13-15H,7-12H2,1-6H3,(H,19,20);2-5H,6-7H2,1H3;2H,1H3;1-2H3/t;14-,15?,17+;;;/m.0.../s1. The van der Waals surface area contributed by atoms with Crippen LogP contribution in [0.25, 0.3) is 0 Å². The molecule has 5 atom stereocenters. The number of rotatable bonds is 13. The fourth-order valence-electron chi connectivity index (χ4n) is 9.00. The van der Waals surface area contributed by atoms with Crippen LogP contribution in [0.4, 0.5) is 4.79 Å². The Morgan fingerprint density at radius 1 is 0.951 bits per heavy atom. The van der Waals surface area contributed by atoms with Gasteiger partial charge in [0.1, 0.15) is 6.04 Å². The van der Waals surface area contributed by atoms with Gasteiger partial charge in [-0.3, -0.25) is 19.3 Å². The third kappa shape index (κ3) is 19.4. The van der Waals surface area contributed by atoms with E-state index >= 15 is 0 Å². The molecule has 0 aromatic heterocycles. The summed E-state index contributed by atoms with van der Waals surface area (Å²) in [6, 6.07) is 8.32. The Hall–Kier alpha value is -3.16. The molecule has 1 aromatic rings. The summed E-state index contributed by atoms with van der Waals surface area (Å²) in [6.07, 6.45) is 14.6. The summed E-state index contributed by atoms with van der Waals surface area (Å²) >= 11 is 0. The van der Waals surface area contributed by atoms with E-state index in [0.29, 0.717) is 18.4 Å². The summed E-state index contributed by atoms with van der Waals surface area (Å²) < 4.78 is 15.9. The largest absolute Gasteiger partial charge is 0.481 e. The average Bonchev–Trinajstić information content (AvgIpc) is 3.85. The van der Waals surface area contributed by atoms with Gasteiger partial charge in [-0.15, -0.1) is 0 Å². The second-order valence-corrected chi connectivity index (χ2v) is 19.1. The molecule has 0 radical (unpaired) electrons. The van der Waals surface area contributed by atoms with Crippen LogP contribution >= 0.6 is 0 Å². The molecule has 2 aliphatic carbocycles. The molecular weight excluding hydrogens is 769 g/mol. The third-order valence-corrected chi connectivity index (χ3v) is 12.7. The Balaban J connectivity index is 0.000000452. The number of hydrogen-bond donors (Lipinski definition) is 3. The van der Waals surface area contributed by atoms with E-state index in [1.165, 1.54) is 31.1 Å². The summed E-state index contributed by atoms with van der Waals surface area (Å²) in [4.78, 5) is 49.5. The Morgan fingerprint density at radius 2 is 1.54 bits per heavy atom. The zero-order valence-corrected chi connectivity index (χ0v) is 41.0. The molecule has 12 nitrogen and oxygen atoms in total. The van der Waals surface area contributed by atoms with Crippen molar-refractivity contribution >= 4 is 31.9 Å². The molecule has 0 bridgehead atoms. The molecular formula is C48H88BN5O7. The lowest BCUT2D eigenvalue weighted by Crippen LogP contribution is -2.57. The van der Waals surface area contributed by atoms with E-state index in [1.54, 1.807) is 7.11 Å². The topological polar surface area (TPSA) is 139 Å². The molecule has 350 valence electrons. The summed E-state index contributed by atoms with van der Waals surface area (Å²) in [5.41, 5.74) is 2.80. The van der Waals surface area contributed by atoms with E-state index < -0.39 is 0 Å². The number of carbonyl (C=O) groups is 4. The Morgan fingerprint density at radius 3 is 1.98 bits per heavy atom. The van der Waals surface area contributed by atoms with Crippen LogP contribution in [0.5, 0.6) is 0 Å². The molecule has 2 heterocycles. The number of likely N-dealkylation sites (tertiary alicyclic amines) is 1. The predicted molar refractivity (Wildman–Crippen MR) is 250 cm³/mol. The third-order valence-electron chi connectivity index (χ3n) is 12.7. The van der Waals surface area contributed by atoms with Crippen molar-refractivity contribution in [1.29, 1.82) is 0 Å². The fourth-order valence-corrected chi connectivity index (χ4v) is 9.00. The van der Waals surface area contributed by atoms with Crippen LogP contribution < -0.4 is 16.0 Å². The zero-order chi connectivity index (χ0) is 46.2. The molecule has 3 N–H and O–H groups in total. The first kappa shape index (κ1) is 55.9. The number of nitrogens with one attached hydrogen (secondary N) is 3. The number of hydrogen-bond acceptors (Lipinski definition) is 8. The predicted octanol–water partition coefficient (Wildman–Crippen LogP) is 9.08. The van der Waals surface area contributed by atoms with Gasteiger partial charge in [-0.05, 0) is 121 Å². The van der Waals surface area contributed by atoms with Crippen LogP contribution in [0.15, 0.2) is 24.3 Å². The van der Waals surface area contributed by atoms with Gasteiger partial charge in [0.05, 0.1) is 18.7 Å². The van der Waals surface area contributed by atoms with E-state index in [1.807, 2.05) is 39.5 Å². The van der Waals surface area contributed by atoms with Gasteiger partial charge in [0.2, 0.25) is 12.3 Å². The minimum Gasteiger partial charge on any atom is -0.471 e. The first-order valence-corrected chi connectivity index (χ1v) is 23.4. The molecule has 1 aromatic carbocycles. The first-order valence-electron chi connectivity index (χ1n) is 23.4. The smallest absolute Gasteiger partial charge is 0.471 e. The van der Waals surface area contributed by atoms with Gasteiger partial charge in [-0.1, -0.05) is 98.4 Å². The number of benzene rings is 1. The lowest BCUT2D eigenvalue weighted by Gasteiger charge is -2.49. The van der Waals surface area contributed by atoms with Crippen molar-refractivity contribution in [2.75, 3.05) is 27.8 Å². The van der Waals surface area contributed by atoms with Crippen LogP contribution in [0.2, 0.25) is 0 Å². The van der Waals surface area contributed by atoms with Crippen molar-refractivity contribution < 1.29 is 33.2 Å². The molecule has 61 heavy (non-hydrogen) atoms. The van der Waals surface area contributed by atoms with Crippen LogP contribution in [-0.2, 0) is 41.5 Å². The first-order chi connectivity index (χ1) is 28.9. The number of ether oxygens (including phenoxy) is 1. The summed E-state index contributed by atoms with van der Waals surface area (Å²) in [6.45, 7) is 26.7. The van der Waals surface area contributed by atoms with E-state index in [4.69, 9.17) is 14.1 Å². The molecule has 4 aliphatic rings. The number of methoxy groups -OCH3 is 1. The molecule has 13 heteroatoms. The van der Waals surface area contributed by atoms with Gasteiger partial charge in [0.25, 0.3) is 6.47 Å². The van der Waals surface area contributed by atoms with Gasteiger partial charge < -0.3 is 34.9 Å². The Kier molecular flexibility index (Phi) is 26.1. The Labute approximate surface area is 372 Å². The average molecular weight is 858 g/mol. The number of nitrogens with zero attached hydrogens (tertiary/aromatic N) is 2. The summed E-state index contributed by atoms with van der Waals surface area (Å²) in [5.74, 6) is 1.01. The summed E-state index contributed by atoms with van der Waals surface area (Å²) in [5, 5.41) is 8.79. The Bertz CT molecular complexity index is 1380. The maximum atomic E-state index is 13.0. The minimum absolute atomic E-state index is 0.0848. The van der Waals surface area contributed by atoms with E-state index in [9.17, 15) is 14.4 Å². The lowest BCUT2D eigenvalue weighted by atomic mass is 9.62. The maximum Gasteiger partial charge on any atom is 0.481 e. The lowest BCUT2D eigenvalue weighted by molar-refractivity contribution is -0.135. The van der Waals surface area contributed by atoms with Gasteiger partial charge >= 0.3 is 13.1 Å². The van der Waals surface area contributed by atoms with Crippen molar-refractivity contribution in [2.24, 2.45) is 17.3 Å². The second-order valence-electron chi connectivity index (χ2n) is 19.1. The number of urea groups is 1. The molecule has 2 saturated carbocycles. The SMILES string of the molecule is CC.CC1CCCN1C(=O)C(NC(=O)NC(C)(C)C)C1CCCCC1.CCCC(NC=O)B(OC)O[C@]1(CC)CC[C@H](C)C(C)(C)C1.CN1Cc2ccccc2C1.COC=O. The van der Waals surface area contributed by atoms with Crippen molar-refractivity contribution in [3.8, 4) is 0 Å². The summed E-state index contributed by atoms with van der Waals surface area (Å²) in [7, 11) is 4.75. The molecule has 5 rings (SSSR count). The van der Waals surface area contributed by atoms with E-state index in [-0.39, 0.29) is 53.5 Å². The highest BCUT2D eigenvalue weighted by Crippen LogP contribution is 2.48. The zero-order valence-electron chi connectivity index (χ0n) is 41.0. The molecule has 0 spiro atoms. The van der Waals surface area contributed by atoms with Crippen molar-refractivity contribution in [2.45, 2.75) is 202 Å². The van der Waals surface area contributed by atoms with Crippen LogP contribution in [0.3, 0.4) is 0 Å². The molecule has 3 fully saturated rings. The van der Waals surface area contributed by atoms with Crippen LogP contribution in [-0.4, -0.2) is 98.7 Å². The fraction of sp³-hybridized carbons (Fsp3) is 0.792. The van der Waals surface area contributed by atoms with Crippen LogP contribution in [0, 0.1) is 17.3 Å². The van der Waals surface area contributed by atoms with Crippen molar-refractivity contribution in [3.05, 3.63) is 35.4 Å². The van der Waals surface area contributed by atoms with Crippen molar-refractivity contribution in [3.63, 3.8) is 0 Å². The van der Waals surface area contributed by atoms with Gasteiger partial charge in [0, 0.05) is 38.3 Å². The molecule has 2 aliphatic heterocycles. The maximum absolute atomic E-state index is 13.0. The minimum atomic E-state index is -0.380. The quantitative estimate of drug-likeness (QED) is 0.132. The number of fused-ring (bicyclic) bond motifs is 1. The van der Waals surface area contributed by atoms with Gasteiger partial charge in [-0.2, -0.15) is 0 Å². The van der Waals surface area contributed by atoms with Gasteiger partial charge in [-0.25, -0.2) is 4.79 Å². The van der Waals surface area contributed by atoms with Crippen molar-refractivity contribution in [1.82, 2.24) is 25.8 Å². The molecule has 1 saturated heterocycles. The van der Waals surface area contributed by atoms with E-state index in [2.05, 4.69) is 98.4 Å². The monoisotopic (exact) mass is 858 g/mol.